The summed E-state index contributed by atoms with van der Waals surface area (Å²) in [6.07, 6.45) is 5.92. The van der Waals surface area contributed by atoms with Gasteiger partial charge in [0.05, 0.1) is 10.6 Å². The number of esters is 1. The van der Waals surface area contributed by atoms with Gasteiger partial charge < -0.3 is 19.4 Å². The number of halogens is 1. The highest BCUT2D eigenvalue weighted by Gasteiger charge is 2.41. The first-order valence-electron chi connectivity index (χ1n) is 9.36. The van der Waals surface area contributed by atoms with E-state index < -0.39 is 11.7 Å². The third kappa shape index (κ3) is 5.50. The van der Waals surface area contributed by atoms with Crippen molar-refractivity contribution in [2.45, 2.75) is 65.2 Å². The molecule has 2 rings (SSSR count). The number of aromatic nitrogens is 1. The Hall–Kier alpha value is -2.02. The second-order valence-corrected chi connectivity index (χ2v) is 8.73. The van der Waals surface area contributed by atoms with Crippen molar-refractivity contribution in [3.05, 3.63) is 40.2 Å². The Labute approximate surface area is 175 Å². The van der Waals surface area contributed by atoms with Gasteiger partial charge in [0.1, 0.15) is 11.7 Å². The Bertz CT molecular complexity index is 776. The van der Waals surface area contributed by atoms with E-state index in [2.05, 4.69) is 27.5 Å². The number of nitrogens with zero attached hydrogens (tertiary/aromatic N) is 1. The van der Waals surface area contributed by atoms with E-state index in [0.29, 0.717) is 19.4 Å². The average Bonchev–Trinajstić information content (AvgIpc) is 3.05. The number of carbonyl (C=O) groups excluding carboxylic acids is 2. The van der Waals surface area contributed by atoms with Gasteiger partial charge in [0.15, 0.2) is 0 Å². The Morgan fingerprint density at radius 2 is 2.07 bits per heavy atom. The number of nitrogens with one attached hydrogen (secondary N) is 1. The van der Waals surface area contributed by atoms with Crippen molar-refractivity contribution in [1.82, 2.24) is 9.88 Å². The fourth-order valence-corrected chi connectivity index (χ4v) is 4.09. The first-order valence-corrected chi connectivity index (χ1v) is 10.2. The molecule has 1 N–H and O–H groups in total. The molecule has 2 heterocycles. The molecule has 0 aromatic carbocycles. The highest BCUT2D eigenvalue weighted by molar-refractivity contribution is 9.10. The van der Waals surface area contributed by atoms with Crippen LogP contribution in [0.25, 0.3) is 6.08 Å². The lowest BCUT2D eigenvalue weighted by Crippen LogP contribution is -2.44. The SMILES string of the molecule is C=C/C=C\c1c(C)[nH]c(Br)c1CC1C(OC(C)=O)CCN1C(=O)OC(C)(C)C. The smallest absolute Gasteiger partial charge is 0.410 e. The minimum Gasteiger partial charge on any atom is -0.460 e. The molecule has 2 atom stereocenters. The van der Waals surface area contributed by atoms with Crippen LogP contribution in [0.5, 0.6) is 0 Å². The summed E-state index contributed by atoms with van der Waals surface area (Å²) >= 11 is 3.59. The van der Waals surface area contributed by atoms with Crippen molar-refractivity contribution >= 4 is 34.1 Å². The number of likely N-dealkylation sites (tertiary alicyclic amines) is 1. The third-order valence-corrected chi connectivity index (χ3v) is 5.21. The molecular formula is C21H29BrN2O4. The van der Waals surface area contributed by atoms with Gasteiger partial charge in [0, 0.05) is 25.6 Å². The topological polar surface area (TPSA) is 71.6 Å². The minimum atomic E-state index is -0.593. The van der Waals surface area contributed by atoms with Crippen LogP contribution in [-0.4, -0.2) is 46.2 Å². The summed E-state index contributed by atoms with van der Waals surface area (Å²) in [5.41, 5.74) is 2.47. The van der Waals surface area contributed by atoms with Crippen LogP contribution in [0.3, 0.4) is 0 Å². The van der Waals surface area contributed by atoms with Gasteiger partial charge in [-0.05, 0) is 61.2 Å². The standard InChI is InChI=1S/C21H29BrN2O4/c1-7-8-9-15-13(2)23-19(22)16(15)12-17-18(27-14(3)25)10-11-24(17)20(26)28-21(4,5)6/h7-9,17-18,23H,1,10-12H2,2-6H3/b9-8-. The fraction of sp³-hybridized carbons (Fsp3) is 0.524. The second-order valence-electron chi connectivity index (χ2n) is 7.93. The van der Waals surface area contributed by atoms with Crippen LogP contribution in [0.4, 0.5) is 4.79 Å². The summed E-state index contributed by atoms with van der Waals surface area (Å²) < 4.78 is 12.0. The molecule has 0 bridgehead atoms. The number of amides is 1. The van der Waals surface area contributed by atoms with E-state index in [9.17, 15) is 9.59 Å². The maximum absolute atomic E-state index is 12.8. The number of hydrogen-bond donors (Lipinski definition) is 1. The quantitative estimate of drug-likeness (QED) is 0.515. The monoisotopic (exact) mass is 452 g/mol. The predicted octanol–water partition coefficient (Wildman–Crippen LogP) is 4.77. The van der Waals surface area contributed by atoms with Crippen LogP contribution < -0.4 is 0 Å². The van der Waals surface area contributed by atoms with Crippen LogP contribution in [0.1, 0.15) is 50.9 Å². The zero-order valence-electron chi connectivity index (χ0n) is 17.2. The molecule has 1 amide bonds. The lowest BCUT2D eigenvalue weighted by atomic mass is 9.99. The molecule has 1 aromatic heterocycles. The number of aryl methyl sites for hydroxylation is 1. The van der Waals surface area contributed by atoms with Gasteiger partial charge in [-0.15, -0.1) is 0 Å². The van der Waals surface area contributed by atoms with Crippen molar-refractivity contribution in [3.63, 3.8) is 0 Å². The number of ether oxygens (including phenoxy) is 2. The third-order valence-electron chi connectivity index (χ3n) is 4.53. The summed E-state index contributed by atoms with van der Waals surface area (Å²) in [4.78, 5) is 29.3. The fourth-order valence-electron chi connectivity index (χ4n) is 3.42. The van der Waals surface area contributed by atoms with Gasteiger partial charge >= 0.3 is 12.1 Å². The van der Waals surface area contributed by atoms with Gasteiger partial charge in [0.2, 0.25) is 0 Å². The Morgan fingerprint density at radius 1 is 1.39 bits per heavy atom. The van der Waals surface area contributed by atoms with E-state index in [0.717, 1.165) is 21.4 Å². The zero-order chi connectivity index (χ0) is 21.1. The number of hydrogen-bond acceptors (Lipinski definition) is 4. The molecule has 154 valence electrons. The lowest BCUT2D eigenvalue weighted by molar-refractivity contribution is -0.147. The van der Waals surface area contributed by atoms with Gasteiger partial charge in [-0.25, -0.2) is 4.79 Å². The van der Waals surface area contributed by atoms with Crippen molar-refractivity contribution in [1.29, 1.82) is 0 Å². The summed E-state index contributed by atoms with van der Waals surface area (Å²) in [7, 11) is 0. The maximum Gasteiger partial charge on any atom is 0.410 e. The van der Waals surface area contributed by atoms with Gasteiger partial charge in [-0.1, -0.05) is 24.8 Å². The van der Waals surface area contributed by atoms with Gasteiger partial charge in [-0.2, -0.15) is 0 Å². The van der Waals surface area contributed by atoms with Crippen molar-refractivity contribution in [3.8, 4) is 0 Å². The first-order chi connectivity index (χ1) is 13.0. The number of aromatic amines is 1. The molecule has 0 spiro atoms. The van der Waals surface area contributed by atoms with Crippen molar-refractivity contribution in [2.75, 3.05) is 6.54 Å². The van der Waals surface area contributed by atoms with Gasteiger partial charge in [0.25, 0.3) is 0 Å². The molecule has 1 fully saturated rings. The summed E-state index contributed by atoms with van der Waals surface area (Å²) in [5, 5.41) is 0. The molecule has 7 heteroatoms. The van der Waals surface area contributed by atoms with Crippen LogP contribution in [0.2, 0.25) is 0 Å². The highest BCUT2D eigenvalue weighted by Crippen LogP contribution is 2.32. The average molecular weight is 453 g/mol. The Morgan fingerprint density at radius 3 is 2.64 bits per heavy atom. The zero-order valence-corrected chi connectivity index (χ0v) is 18.8. The lowest BCUT2D eigenvalue weighted by Gasteiger charge is -2.30. The Kier molecular flexibility index (Phi) is 7.15. The van der Waals surface area contributed by atoms with Crippen LogP contribution in [-0.2, 0) is 20.7 Å². The minimum absolute atomic E-state index is 0.305. The van der Waals surface area contributed by atoms with Crippen LogP contribution >= 0.6 is 15.9 Å². The van der Waals surface area contributed by atoms with Gasteiger partial charge in [-0.3, -0.25) is 4.79 Å². The van der Waals surface area contributed by atoms with Crippen molar-refractivity contribution in [2.24, 2.45) is 0 Å². The van der Waals surface area contributed by atoms with E-state index in [4.69, 9.17) is 9.47 Å². The van der Waals surface area contributed by atoms with E-state index in [1.807, 2.05) is 39.8 Å². The molecule has 2 unspecified atom stereocenters. The molecule has 6 nitrogen and oxygen atoms in total. The molecule has 0 radical (unpaired) electrons. The molecule has 1 aromatic rings. The van der Waals surface area contributed by atoms with E-state index in [1.54, 1.807) is 11.0 Å². The number of allylic oxidation sites excluding steroid dienone is 2. The Balaban J connectivity index is 2.36. The molecule has 1 aliphatic heterocycles. The molecule has 0 saturated carbocycles. The number of H-pyrrole nitrogens is 1. The molecule has 28 heavy (non-hydrogen) atoms. The second kappa shape index (κ2) is 8.99. The summed E-state index contributed by atoms with van der Waals surface area (Å²) in [6, 6.07) is -0.305. The van der Waals surface area contributed by atoms with E-state index >= 15 is 0 Å². The predicted molar refractivity (Wildman–Crippen MR) is 113 cm³/mol. The van der Waals surface area contributed by atoms with Crippen LogP contribution in [0, 0.1) is 6.92 Å². The summed E-state index contributed by atoms with van der Waals surface area (Å²) in [6.45, 7) is 13.1. The van der Waals surface area contributed by atoms with Crippen LogP contribution in [0.15, 0.2) is 23.3 Å². The number of rotatable bonds is 5. The van der Waals surface area contributed by atoms with E-state index in [-0.39, 0.29) is 18.1 Å². The van der Waals surface area contributed by atoms with Crippen molar-refractivity contribution < 1.29 is 19.1 Å². The summed E-state index contributed by atoms with van der Waals surface area (Å²) in [5.74, 6) is -0.350. The highest BCUT2D eigenvalue weighted by atomic mass is 79.9. The molecular weight excluding hydrogens is 424 g/mol. The largest absolute Gasteiger partial charge is 0.460 e. The first kappa shape index (κ1) is 22.3. The molecule has 1 aliphatic rings. The molecule has 0 aliphatic carbocycles. The van der Waals surface area contributed by atoms with E-state index in [1.165, 1.54) is 6.92 Å². The molecule has 1 saturated heterocycles. The maximum atomic E-state index is 12.8. The number of carbonyl (C=O) groups is 2. The normalized spacial score (nSPS) is 19.9.